The number of halogens is 1. The van der Waals surface area contributed by atoms with Crippen LogP contribution < -0.4 is 9.47 Å². The van der Waals surface area contributed by atoms with Gasteiger partial charge in [-0.05, 0) is 88.3 Å². The molecule has 1 N–H and O–H groups in total. The van der Waals surface area contributed by atoms with E-state index < -0.39 is 0 Å². The Labute approximate surface area is 195 Å². The van der Waals surface area contributed by atoms with Crippen molar-refractivity contribution in [1.29, 1.82) is 0 Å². The lowest BCUT2D eigenvalue weighted by molar-refractivity contribution is -0.143. The first-order chi connectivity index (χ1) is 15.1. The number of aryl methyl sites for hydroxylation is 1. The van der Waals surface area contributed by atoms with Gasteiger partial charge in [-0.2, -0.15) is 0 Å². The molecular formula is C26H33ClO5. The second-order valence-corrected chi connectivity index (χ2v) is 9.15. The molecule has 0 saturated heterocycles. The number of carbonyl (C=O) groups excluding carboxylic acids is 1. The van der Waals surface area contributed by atoms with E-state index in [0.29, 0.717) is 42.6 Å². The lowest BCUT2D eigenvalue weighted by atomic mass is 9.86. The summed E-state index contributed by atoms with van der Waals surface area (Å²) in [5.41, 5.74) is 4.46. The quantitative estimate of drug-likeness (QED) is 0.488. The number of ether oxygens (including phenoxy) is 3. The van der Waals surface area contributed by atoms with Crippen LogP contribution in [0.5, 0.6) is 17.2 Å². The fourth-order valence-corrected chi connectivity index (χ4v) is 4.41. The minimum atomic E-state index is -0.336. The minimum Gasteiger partial charge on any atom is -0.507 e. The topological polar surface area (TPSA) is 65.0 Å². The first kappa shape index (κ1) is 24.2. The predicted octanol–water partition coefficient (Wildman–Crippen LogP) is 6.02. The summed E-state index contributed by atoms with van der Waals surface area (Å²) in [4.78, 5) is 11.6. The zero-order valence-corrected chi connectivity index (χ0v) is 20.4. The maximum Gasteiger partial charge on any atom is 0.306 e. The molecule has 3 rings (SSSR count). The van der Waals surface area contributed by atoms with Crippen LogP contribution in [0.15, 0.2) is 18.2 Å². The molecule has 0 radical (unpaired) electrons. The van der Waals surface area contributed by atoms with Gasteiger partial charge >= 0.3 is 5.97 Å². The molecule has 0 bridgehead atoms. The van der Waals surface area contributed by atoms with Gasteiger partial charge in [0.05, 0.1) is 13.2 Å². The van der Waals surface area contributed by atoms with E-state index in [4.69, 9.17) is 25.8 Å². The third-order valence-corrected chi connectivity index (χ3v) is 6.77. The van der Waals surface area contributed by atoms with Crippen LogP contribution in [0.2, 0.25) is 5.02 Å². The molecule has 0 amide bonds. The van der Waals surface area contributed by atoms with E-state index in [9.17, 15) is 9.90 Å². The van der Waals surface area contributed by atoms with Crippen molar-refractivity contribution >= 4 is 17.6 Å². The van der Waals surface area contributed by atoms with Crippen molar-refractivity contribution in [3.8, 4) is 17.2 Å². The van der Waals surface area contributed by atoms with Crippen LogP contribution in [-0.2, 0) is 22.4 Å². The number of phenols is 1. The third-order valence-electron chi connectivity index (χ3n) is 6.42. The number of aromatic hydroxyl groups is 1. The molecule has 32 heavy (non-hydrogen) atoms. The van der Waals surface area contributed by atoms with Gasteiger partial charge in [-0.15, -0.1) is 0 Å². The standard InChI is InChI=1S/C26H33ClO5/c1-6-30-23(28)10-8-19-7-9-20(15-22(19)27)31-14-13-26(5)12-11-21-18(4)24(29)16(2)17(3)25(21)32-26/h7,9,15,29H,6,8,10-14H2,1-5H3. The maximum atomic E-state index is 11.6. The fraction of sp³-hybridized carbons (Fsp3) is 0.500. The summed E-state index contributed by atoms with van der Waals surface area (Å²) >= 11 is 6.38. The van der Waals surface area contributed by atoms with Crippen molar-refractivity contribution in [2.75, 3.05) is 13.2 Å². The smallest absolute Gasteiger partial charge is 0.306 e. The molecular weight excluding hydrogens is 428 g/mol. The average Bonchev–Trinajstić information content (AvgIpc) is 2.75. The van der Waals surface area contributed by atoms with Gasteiger partial charge in [-0.25, -0.2) is 0 Å². The molecule has 2 aromatic carbocycles. The summed E-state index contributed by atoms with van der Waals surface area (Å²) in [5, 5.41) is 10.9. The van der Waals surface area contributed by atoms with E-state index in [-0.39, 0.29) is 11.6 Å². The van der Waals surface area contributed by atoms with Gasteiger partial charge in [-0.1, -0.05) is 17.7 Å². The average molecular weight is 461 g/mol. The van der Waals surface area contributed by atoms with E-state index in [1.807, 2.05) is 32.9 Å². The van der Waals surface area contributed by atoms with E-state index >= 15 is 0 Å². The van der Waals surface area contributed by atoms with Gasteiger partial charge in [0, 0.05) is 23.4 Å². The number of benzene rings is 2. The Bertz CT molecular complexity index is 1000. The van der Waals surface area contributed by atoms with Crippen LogP contribution in [0.4, 0.5) is 0 Å². The van der Waals surface area contributed by atoms with Crippen molar-refractivity contribution in [2.45, 2.75) is 72.3 Å². The van der Waals surface area contributed by atoms with Crippen LogP contribution in [-0.4, -0.2) is 29.9 Å². The van der Waals surface area contributed by atoms with E-state index in [2.05, 4.69) is 6.92 Å². The molecule has 2 aromatic rings. The molecule has 1 aliphatic rings. The number of carbonyl (C=O) groups is 1. The molecule has 0 saturated carbocycles. The molecule has 0 fully saturated rings. The molecule has 1 atom stereocenters. The highest BCUT2D eigenvalue weighted by Crippen LogP contribution is 2.44. The van der Waals surface area contributed by atoms with Crippen LogP contribution in [0, 0.1) is 20.8 Å². The predicted molar refractivity (Wildman–Crippen MR) is 126 cm³/mol. The second kappa shape index (κ2) is 10.0. The largest absolute Gasteiger partial charge is 0.507 e. The van der Waals surface area contributed by atoms with Gasteiger partial charge in [-0.3, -0.25) is 4.79 Å². The van der Waals surface area contributed by atoms with Crippen molar-refractivity contribution in [2.24, 2.45) is 0 Å². The van der Waals surface area contributed by atoms with Gasteiger partial charge in [0.1, 0.15) is 22.8 Å². The van der Waals surface area contributed by atoms with Crippen molar-refractivity contribution in [1.82, 2.24) is 0 Å². The zero-order chi connectivity index (χ0) is 23.5. The van der Waals surface area contributed by atoms with Crippen LogP contribution in [0.25, 0.3) is 0 Å². The van der Waals surface area contributed by atoms with Gasteiger partial charge in [0.2, 0.25) is 0 Å². The Morgan fingerprint density at radius 2 is 1.97 bits per heavy atom. The first-order valence-electron chi connectivity index (χ1n) is 11.2. The van der Waals surface area contributed by atoms with Crippen LogP contribution in [0.1, 0.15) is 60.9 Å². The maximum absolute atomic E-state index is 11.6. The molecule has 0 spiro atoms. The molecule has 0 aromatic heterocycles. The molecule has 5 nitrogen and oxygen atoms in total. The van der Waals surface area contributed by atoms with Crippen LogP contribution in [0.3, 0.4) is 0 Å². The molecule has 1 heterocycles. The Balaban J connectivity index is 1.59. The number of rotatable bonds is 8. The lowest BCUT2D eigenvalue weighted by Crippen LogP contribution is -2.38. The van der Waals surface area contributed by atoms with E-state index in [0.717, 1.165) is 52.8 Å². The number of fused-ring (bicyclic) bond motifs is 1. The highest BCUT2D eigenvalue weighted by Gasteiger charge is 2.34. The fourth-order valence-electron chi connectivity index (χ4n) is 4.15. The molecule has 6 heteroatoms. The summed E-state index contributed by atoms with van der Waals surface area (Å²) in [6, 6.07) is 5.57. The SMILES string of the molecule is CCOC(=O)CCc1ccc(OCCC2(C)CCc3c(C)c(O)c(C)c(C)c3O2)cc1Cl. The number of hydrogen-bond donors (Lipinski definition) is 1. The first-order valence-corrected chi connectivity index (χ1v) is 11.6. The van der Waals surface area contributed by atoms with Crippen molar-refractivity contribution in [3.05, 3.63) is 51.0 Å². The number of hydrogen-bond acceptors (Lipinski definition) is 5. The van der Waals surface area contributed by atoms with Gasteiger partial charge < -0.3 is 19.3 Å². The number of phenolic OH excluding ortho intramolecular Hbond substituents is 1. The molecule has 0 aliphatic carbocycles. The Morgan fingerprint density at radius 1 is 1.22 bits per heavy atom. The van der Waals surface area contributed by atoms with Gasteiger partial charge in [0.15, 0.2) is 0 Å². The minimum absolute atomic E-state index is 0.220. The summed E-state index contributed by atoms with van der Waals surface area (Å²) in [6.45, 7) is 10.7. The second-order valence-electron chi connectivity index (χ2n) is 8.74. The summed E-state index contributed by atoms with van der Waals surface area (Å²) < 4.78 is 17.4. The Kier molecular flexibility index (Phi) is 7.60. The summed E-state index contributed by atoms with van der Waals surface area (Å²) in [5.74, 6) is 1.75. The summed E-state index contributed by atoms with van der Waals surface area (Å²) in [7, 11) is 0. The zero-order valence-electron chi connectivity index (χ0n) is 19.6. The normalized spacial score (nSPS) is 17.4. The molecule has 174 valence electrons. The highest BCUT2D eigenvalue weighted by atomic mass is 35.5. The van der Waals surface area contributed by atoms with Crippen molar-refractivity contribution in [3.63, 3.8) is 0 Å². The molecule has 1 aliphatic heterocycles. The number of esters is 1. The van der Waals surface area contributed by atoms with E-state index in [1.165, 1.54) is 0 Å². The van der Waals surface area contributed by atoms with E-state index in [1.54, 1.807) is 13.0 Å². The van der Waals surface area contributed by atoms with Crippen LogP contribution >= 0.6 is 11.6 Å². The summed E-state index contributed by atoms with van der Waals surface area (Å²) in [6.07, 6.45) is 3.30. The third kappa shape index (κ3) is 5.32. The Morgan fingerprint density at radius 3 is 2.66 bits per heavy atom. The lowest BCUT2D eigenvalue weighted by Gasteiger charge is -2.38. The van der Waals surface area contributed by atoms with Gasteiger partial charge in [0.25, 0.3) is 0 Å². The monoisotopic (exact) mass is 460 g/mol. The molecule has 1 unspecified atom stereocenters. The highest BCUT2D eigenvalue weighted by molar-refractivity contribution is 6.31. The Hall–Kier alpha value is -2.40. The van der Waals surface area contributed by atoms with Crippen molar-refractivity contribution < 1.29 is 24.1 Å².